The Hall–Kier alpha value is -3.87. The van der Waals surface area contributed by atoms with Crippen LogP contribution in [0.1, 0.15) is 6.42 Å². The molecule has 2 aromatic carbocycles. The summed E-state index contributed by atoms with van der Waals surface area (Å²) in [6.45, 7) is -0.350. The molecular formula is C27H21N3O4. The summed E-state index contributed by atoms with van der Waals surface area (Å²) in [5.74, 6) is 0.0282. The highest BCUT2D eigenvalue weighted by molar-refractivity contribution is 6.08. The van der Waals surface area contributed by atoms with Crippen LogP contribution in [-0.4, -0.2) is 39.2 Å². The van der Waals surface area contributed by atoms with Crippen molar-refractivity contribution < 1.29 is 19.1 Å². The maximum atomic E-state index is 13.0. The molecule has 6 atom stereocenters. The van der Waals surface area contributed by atoms with Crippen molar-refractivity contribution in [3.8, 4) is 17.0 Å². The number of esters is 1. The van der Waals surface area contributed by atoms with Crippen molar-refractivity contribution in [3.05, 3.63) is 66.9 Å². The fourth-order valence-electron chi connectivity index (χ4n) is 6.26. The predicted molar refractivity (Wildman–Crippen MR) is 122 cm³/mol. The van der Waals surface area contributed by atoms with Crippen LogP contribution < -0.4 is 4.74 Å². The zero-order valence-electron chi connectivity index (χ0n) is 18.2. The zero-order chi connectivity index (χ0) is 23.0. The molecule has 7 nitrogen and oxygen atoms in total. The molecule has 2 heterocycles. The summed E-state index contributed by atoms with van der Waals surface area (Å²) < 4.78 is 5.45. The number of amides is 2. The van der Waals surface area contributed by atoms with Crippen LogP contribution in [0.4, 0.5) is 0 Å². The minimum absolute atomic E-state index is 0.142. The van der Waals surface area contributed by atoms with Gasteiger partial charge in [0.25, 0.3) is 0 Å². The smallest absolute Gasteiger partial charge is 0.331 e. The molecule has 34 heavy (non-hydrogen) atoms. The number of benzene rings is 2. The van der Waals surface area contributed by atoms with Crippen molar-refractivity contribution in [1.82, 2.24) is 14.9 Å². The molecule has 1 aromatic heterocycles. The Morgan fingerprint density at radius 3 is 2.24 bits per heavy atom. The van der Waals surface area contributed by atoms with E-state index in [1.54, 1.807) is 30.5 Å². The summed E-state index contributed by atoms with van der Waals surface area (Å²) >= 11 is 0. The van der Waals surface area contributed by atoms with Crippen LogP contribution in [0.2, 0.25) is 0 Å². The maximum Gasteiger partial charge on any atom is 0.331 e. The molecule has 8 rings (SSSR count). The molecule has 3 aromatic rings. The average Bonchev–Trinajstić information content (AvgIpc) is 3.65. The zero-order valence-corrected chi connectivity index (χ0v) is 18.2. The standard InChI is InChI=1S/C27H21N3O4/c31-23(13-30-26(32)24-16-9-10-17(19-11-18(16)19)25(24)27(30)33)34-15-7-5-14(6-8-15)22-12-28-20-3-1-2-4-21(20)29-22/h1-10,12,16-19,24-25H,11,13H2/t16-,17-,18-,19+,24-,25+/m0/s1. The summed E-state index contributed by atoms with van der Waals surface area (Å²) in [7, 11) is 0. The lowest BCUT2D eigenvalue weighted by Gasteiger charge is -2.37. The third-order valence-electron chi connectivity index (χ3n) is 7.87. The van der Waals surface area contributed by atoms with E-state index in [1.807, 2.05) is 24.3 Å². The third-order valence-corrected chi connectivity index (χ3v) is 7.87. The van der Waals surface area contributed by atoms with Gasteiger partial charge in [0.2, 0.25) is 11.8 Å². The molecule has 1 saturated heterocycles. The monoisotopic (exact) mass is 451 g/mol. The number of ether oxygens (including phenoxy) is 1. The fraction of sp³-hybridized carbons (Fsp3) is 0.296. The number of aromatic nitrogens is 2. The fourth-order valence-corrected chi connectivity index (χ4v) is 6.26. The van der Waals surface area contributed by atoms with Gasteiger partial charge in [0.15, 0.2) is 0 Å². The topological polar surface area (TPSA) is 89.5 Å². The largest absolute Gasteiger partial charge is 0.425 e. The van der Waals surface area contributed by atoms with Crippen LogP contribution in [0.25, 0.3) is 22.3 Å². The van der Waals surface area contributed by atoms with Crippen LogP contribution in [-0.2, 0) is 14.4 Å². The Kier molecular flexibility index (Phi) is 4.07. The van der Waals surface area contributed by atoms with E-state index in [-0.39, 0.29) is 42.0 Å². The number of para-hydroxylation sites is 2. The van der Waals surface area contributed by atoms with Crippen LogP contribution in [0.3, 0.4) is 0 Å². The molecule has 2 amide bonds. The molecule has 2 bridgehead atoms. The number of allylic oxidation sites excluding steroid dienone is 2. The second-order valence-electron chi connectivity index (χ2n) is 9.66. The van der Waals surface area contributed by atoms with Gasteiger partial charge in [-0.05, 0) is 66.5 Å². The van der Waals surface area contributed by atoms with Crippen LogP contribution in [0.5, 0.6) is 5.75 Å². The summed E-state index contributed by atoms with van der Waals surface area (Å²) in [5.41, 5.74) is 3.18. The van der Waals surface area contributed by atoms with E-state index in [9.17, 15) is 14.4 Å². The molecule has 4 aliphatic carbocycles. The lowest BCUT2D eigenvalue weighted by Crippen LogP contribution is -2.40. The van der Waals surface area contributed by atoms with Crippen molar-refractivity contribution >= 4 is 28.8 Å². The van der Waals surface area contributed by atoms with Gasteiger partial charge in [-0.25, -0.2) is 9.78 Å². The average molecular weight is 451 g/mol. The van der Waals surface area contributed by atoms with Gasteiger partial charge in [-0.1, -0.05) is 24.3 Å². The molecule has 3 fully saturated rings. The molecule has 1 aliphatic heterocycles. The first-order chi connectivity index (χ1) is 16.6. The van der Waals surface area contributed by atoms with Crippen molar-refractivity contribution in [2.45, 2.75) is 6.42 Å². The van der Waals surface area contributed by atoms with Gasteiger partial charge in [0.1, 0.15) is 12.3 Å². The second kappa shape index (κ2) is 7.06. The lowest BCUT2D eigenvalue weighted by atomic mass is 9.63. The van der Waals surface area contributed by atoms with E-state index < -0.39 is 5.97 Å². The number of nitrogens with zero attached hydrogens (tertiary/aromatic N) is 3. The molecule has 5 aliphatic rings. The van der Waals surface area contributed by atoms with Crippen molar-refractivity contribution in [3.63, 3.8) is 0 Å². The molecule has 0 radical (unpaired) electrons. The molecule has 7 heteroatoms. The quantitative estimate of drug-likeness (QED) is 0.262. The van der Waals surface area contributed by atoms with Crippen molar-refractivity contribution in [2.75, 3.05) is 6.54 Å². The van der Waals surface area contributed by atoms with Crippen LogP contribution in [0, 0.1) is 35.5 Å². The number of hydrogen-bond donors (Lipinski definition) is 0. The Balaban J connectivity index is 1.04. The highest BCUT2D eigenvalue weighted by Gasteiger charge is 2.67. The molecule has 2 saturated carbocycles. The third kappa shape index (κ3) is 2.86. The number of carbonyl (C=O) groups is 3. The Labute approximate surface area is 195 Å². The number of hydrogen-bond acceptors (Lipinski definition) is 6. The van der Waals surface area contributed by atoms with E-state index in [0.29, 0.717) is 23.3 Å². The van der Waals surface area contributed by atoms with Gasteiger partial charge in [0.05, 0.1) is 34.8 Å². The summed E-state index contributed by atoms with van der Waals surface area (Å²) in [6, 6.07) is 14.6. The van der Waals surface area contributed by atoms with E-state index in [1.165, 1.54) is 0 Å². The first-order valence-corrected chi connectivity index (χ1v) is 11.6. The number of imide groups is 1. The minimum atomic E-state index is -0.621. The van der Waals surface area contributed by atoms with Crippen molar-refractivity contribution in [2.24, 2.45) is 35.5 Å². The van der Waals surface area contributed by atoms with Gasteiger partial charge in [-0.2, -0.15) is 0 Å². The Bertz CT molecular complexity index is 1360. The summed E-state index contributed by atoms with van der Waals surface area (Å²) in [5, 5.41) is 0. The number of fused-ring (bicyclic) bond motifs is 1. The van der Waals surface area contributed by atoms with Gasteiger partial charge >= 0.3 is 5.97 Å². The van der Waals surface area contributed by atoms with Crippen LogP contribution in [0.15, 0.2) is 66.9 Å². The molecule has 168 valence electrons. The normalized spacial score (nSPS) is 30.4. The maximum absolute atomic E-state index is 13.0. The van der Waals surface area contributed by atoms with E-state index in [0.717, 1.165) is 27.9 Å². The Morgan fingerprint density at radius 2 is 1.56 bits per heavy atom. The molecule has 0 unspecified atom stereocenters. The highest BCUT2D eigenvalue weighted by atomic mass is 16.5. The number of likely N-dealkylation sites (tertiary alicyclic amines) is 1. The van der Waals surface area contributed by atoms with Gasteiger partial charge in [0, 0.05) is 5.56 Å². The van der Waals surface area contributed by atoms with Crippen LogP contribution >= 0.6 is 0 Å². The number of carbonyl (C=O) groups excluding carboxylic acids is 3. The van der Waals surface area contributed by atoms with Gasteiger partial charge in [-0.15, -0.1) is 0 Å². The molecule has 0 N–H and O–H groups in total. The highest BCUT2D eigenvalue weighted by Crippen LogP contribution is 2.65. The van der Waals surface area contributed by atoms with Gasteiger partial charge < -0.3 is 4.74 Å². The van der Waals surface area contributed by atoms with Crippen molar-refractivity contribution in [1.29, 1.82) is 0 Å². The number of rotatable bonds is 4. The first-order valence-electron chi connectivity index (χ1n) is 11.6. The van der Waals surface area contributed by atoms with E-state index >= 15 is 0 Å². The summed E-state index contributed by atoms with van der Waals surface area (Å²) in [4.78, 5) is 48.9. The SMILES string of the molecule is O=C(CN1C(=O)[C@@H]2[C@H]3C=C[C@@H]([C@@H]4C[C@H]34)[C@@H]2C1=O)Oc1ccc(-c2cnc3ccccc3n2)cc1. The van der Waals surface area contributed by atoms with Gasteiger partial charge in [-0.3, -0.25) is 19.5 Å². The molecule has 0 spiro atoms. The second-order valence-corrected chi connectivity index (χ2v) is 9.66. The summed E-state index contributed by atoms with van der Waals surface area (Å²) in [6.07, 6.45) is 7.06. The lowest BCUT2D eigenvalue weighted by molar-refractivity contribution is -0.148. The predicted octanol–water partition coefficient (Wildman–Crippen LogP) is 3.26. The minimum Gasteiger partial charge on any atom is -0.425 e. The molecular weight excluding hydrogens is 430 g/mol. The first kappa shape index (κ1) is 19.6. The van der Waals surface area contributed by atoms with E-state index in [2.05, 4.69) is 22.1 Å². The van der Waals surface area contributed by atoms with E-state index in [4.69, 9.17) is 4.74 Å². The Morgan fingerprint density at radius 1 is 0.912 bits per heavy atom.